The van der Waals surface area contributed by atoms with Crippen LogP contribution in [0.4, 0.5) is 0 Å². The Morgan fingerprint density at radius 2 is 0.795 bits per heavy atom. The Balaban J connectivity index is 1.25. The van der Waals surface area contributed by atoms with E-state index in [1.165, 1.54) is 55.4 Å². The summed E-state index contributed by atoms with van der Waals surface area (Å²) in [5.41, 5.74) is 14.1. The molecule has 0 amide bonds. The van der Waals surface area contributed by atoms with E-state index in [2.05, 4.69) is 152 Å². The average Bonchev–Trinajstić information content (AvgIpc) is 3.59. The number of rotatable bonds is 0. The van der Waals surface area contributed by atoms with Crippen LogP contribution in [0, 0.1) is 11.8 Å². The minimum atomic E-state index is 0.370. The molecule has 7 aromatic rings. The van der Waals surface area contributed by atoms with Crippen LogP contribution in [-0.4, -0.2) is 9.13 Å². The molecule has 4 heteroatoms. The van der Waals surface area contributed by atoms with E-state index in [0.717, 1.165) is 26.2 Å². The lowest BCUT2D eigenvalue weighted by atomic mass is 9.54. The van der Waals surface area contributed by atoms with E-state index in [0.29, 0.717) is 23.7 Å². The van der Waals surface area contributed by atoms with Crippen LogP contribution in [0.5, 0.6) is 0 Å². The zero-order chi connectivity index (χ0) is 28.8. The van der Waals surface area contributed by atoms with Gasteiger partial charge in [-0.3, -0.25) is 0 Å². The smallest absolute Gasteiger partial charge is 0.230 e. The van der Waals surface area contributed by atoms with Gasteiger partial charge in [-0.1, -0.05) is 97.1 Å². The summed E-state index contributed by atoms with van der Waals surface area (Å²) >= 11 is 0. The van der Waals surface area contributed by atoms with Gasteiger partial charge >= 0.3 is 0 Å². The van der Waals surface area contributed by atoms with Gasteiger partial charge in [-0.2, -0.15) is 0 Å². The molecule has 4 nitrogen and oxygen atoms in total. The van der Waals surface area contributed by atoms with Gasteiger partial charge in [0, 0.05) is 34.8 Å². The summed E-state index contributed by atoms with van der Waals surface area (Å²) in [6.45, 7) is 3.69. The van der Waals surface area contributed by atoms with Crippen LogP contribution in [0.3, 0.4) is 0 Å². The summed E-state index contributed by atoms with van der Waals surface area (Å²) in [6.07, 6.45) is 4.81. The van der Waals surface area contributed by atoms with Crippen LogP contribution in [-0.2, 0) is 26.2 Å². The maximum Gasteiger partial charge on any atom is 0.245 e. The molecular weight excluding hydrogens is 536 g/mol. The van der Waals surface area contributed by atoms with Crippen LogP contribution in [0.15, 0.2) is 134 Å². The molecule has 2 unspecified atom stereocenters. The van der Waals surface area contributed by atoms with Crippen molar-refractivity contribution in [3.63, 3.8) is 0 Å². The number of aromatic nitrogens is 4. The van der Waals surface area contributed by atoms with Crippen LogP contribution in [0.1, 0.15) is 45.2 Å². The predicted molar refractivity (Wildman–Crippen MR) is 172 cm³/mol. The highest BCUT2D eigenvalue weighted by molar-refractivity contribution is 5.72. The van der Waals surface area contributed by atoms with E-state index >= 15 is 0 Å². The summed E-state index contributed by atoms with van der Waals surface area (Å²) in [6, 6.07) is 45.6. The molecule has 3 aliphatic carbocycles. The first-order valence-electron chi connectivity index (χ1n) is 16.0. The van der Waals surface area contributed by atoms with Crippen molar-refractivity contribution in [2.24, 2.45) is 11.8 Å². The molecule has 11 rings (SSSR count). The van der Waals surface area contributed by atoms with Gasteiger partial charge in [0.25, 0.3) is 0 Å². The Morgan fingerprint density at radius 3 is 1.23 bits per heavy atom. The molecule has 0 radical (unpaired) electrons. The van der Waals surface area contributed by atoms with Crippen LogP contribution in [0.25, 0.3) is 22.1 Å². The molecule has 4 aliphatic rings. The first-order chi connectivity index (χ1) is 21.8. The highest BCUT2D eigenvalue weighted by Gasteiger charge is 2.51. The van der Waals surface area contributed by atoms with E-state index in [-0.39, 0.29) is 0 Å². The third-order valence-electron chi connectivity index (χ3n) is 10.9. The zero-order valence-electron chi connectivity index (χ0n) is 24.6. The van der Waals surface area contributed by atoms with Crippen molar-refractivity contribution in [1.82, 2.24) is 9.13 Å². The standard InChI is InChI=1S/C40H34N4/c1-2-12-28-22-42-26-44(38-20-10-8-18-36(38)42)24-34-33(23-43-25-41(21-27(28)11-1)35-17-7-9-19-37(35)43)39-29-13-3-5-15-31(29)40(34)32-16-6-4-14-30(32)39/h1-20,25-26,33-34,39-40H,21-24H2/q+2. The van der Waals surface area contributed by atoms with E-state index in [4.69, 9.17) is 0 Å². The van der Waals surface area contributed by atoms with Gasteiger partial charge in [-0.05, 0) is 46.5 Å². The van der Waals surface area contributed by atoms with E-state index in [1.54, 1.807) is 0 Å². The quantitative estimate of drug-likeness (QED) is 0.179. The van der Waals surface area contributed by atoms with Crippen LogP contribution >= 0.6 is 0 Å². The van der Waals surface area contributed by atoms with Gasteiger partial charge in [0.1, 0.15) is 13.1 Å². The Bertz CT molecular complexity index is 2030. The van der Waals surface area contributed by atoms with Gasteiger partial charge in [-0.15, -0.1) is 0 Å². The summed E-state index contributed by atoms with van der Waals surface area (Å²) in [5, 5.41) is 0. The van der Waals surface area contributed by atoms with Gasteiger partial charge in [-0.25, -0.2) is 18.3 Å². The van der Waals surface area contributed by atoms with Crippen molar-refractivity contribution in [2.75, 3.05) is 0 Å². The second-order valence-electron chi connectivity index (χ2n) is 13.1. The largest absolute Gasteiger partial charge is 0.245 e. The molecule has 0 N–H and O–H groups in total. The van der Waals surface area contributed by atoms with Crippen molar-refractivity contribution in [3.05, 3.63) is 167 Å². The number of fused-ring (bicyclic) bond motifs is 11. The van der Waals surface area contributed by atoms with Gasteiger partial charge in [0.2, 0.25) is 12.7 Å². The Hall–Kier alpha value is -4.96. The first kappa shape index (κ1) is 24.5. The molecule has 44 heavy (non-hydrogen) atoms. The van der Waals surface area contributed by atoms with Gasteiger partial charge in [0.15, 0.2) is 22.1 Å². The van der Waals surface area contributed by atoms with Crippen LogP contribution < -0.4 is 9.13 Å². The number of hydrogen-bond acceptors (Lipinski definition) is 0. The SMILES string of the molecule is c1ccc2c(c1)C[n+]1cn(c3ccccc31)CC1C3c4ccccc4C(c4ccccc43)C1Cn1c[n+](c3ccccc31)C2. The van der Waals surface area contributed by atoms with E-state index in [9.17, 15) is 0 Å². The lowest BCUT2D eigenvalue weighted by Crippen LogP contribution is -2.44. The first-order valence-corrected chi connectivity index (χ1v) is 16.0. The molecule has 0 spiro atoms. The second-order valence-corrected chi connectivity index (χ2v) is 13.1. The van der Waals surface area contributed by atoms with Crippen molar-refractivity contribution in [2.45, 2.75) is 38.0 Å². The molecular formula is C40H34N4+2. The average molecular weight is 571 g/mol. The monoisotopic (exact) mass is 570 g/mol. The molecule has 5 aromatic carbocycles. The Labute approximate surface area is 257 Å². The van der Waals surface area contributed by atoms with E-state index < -0.39 is 0 Å². The van der Waals surface area contributed by atoms with Crippen molar-refractivity contribution in [1.29, 1.82) is 0 Å². The Morgan fingerprint density at radius 1 is 0.432 bits per heavy atom. The summed E-state index contributed by atoms with van der Waals surface area (Å²) in [7, 11) is 0. The maximum atomic E-state index is 2.57. The molecule has 1 aliphatic heterocycles. The third-order valence-corrected chi connectivity index (χ3v) is 10.9. The lowest BCUT2D eigenvalue weighted by molar-refractivity contribution is -0.668. The fraction of sp³-hybridized carbons (Fsp3) is 0.200. The van der Waals surface area contributed by atoms with Crippen molar-refractivity contribution in [3.8, 4) is 0 Å². The minimum absolute atomic E-state index is 0.370. The van der Waals surface area contributed by atoms with E-state index in [1.807, 2.05) is 0 Å². The highest BCUT2D eigenvalue weighted by Crippen LogP contribution is 2.59. The fourth-order valence-corrected chi connectivity index (χ4v) is 9.10. The van der Waals surface area contributed by atoms with Crippen LogP contribution in [0.2, 0.25) is 0 Å². The molecule has 3 heterocycles. The molecule has 2 aromatic heterocycles. The summed E-state index contributed by atoms with van der Waals surface area (Å²) in [4.78, 5) is 0. The minimum Gasteiger partial charge on any atom is -0.230 e. The number of nitrogens with zero attached hydrogens (tertiary/aromatic N) is 4. The van der Waals surface area contributed by atoms with Gasteiger partial charge < -0.3 is 0 Å². The number of hydrogen-bond donors (Lipinski definition) is 0. The fourth-order valence-electron chi connectivity index (χ4n) is 9.10. The number of para-hydroxylation sites is 4. The third kappa shape index (κ3) is 3.45. The molecule has 6 bridgehead atoms. The highest BCUT2D eigenvalue weighted by atomic mass is 15.2. The maximum absolute atomic E-state index is 2.57. The lowest BCUT2D eigenvalue weighted by Gasteiger charge is -2.49. The molecule has 2 atom stereocenters. The second kappa shape index (κ2) is 9.27. The molecule has 0 saturated heterocycles. The van der Waals surface area contributed by atoms with Crippen molar-refractivity contribution < 1.29 is 9.13 Å². The summed E-state index contributed by atoms with van der Waals surface area (Å²) < 4.78 is 10.1. The molecule has 212 valence electrons. The molecule has 0 fully saturated rings. The Kier molecular flexibility index (Phi) is 5.16. The topological polar surface area (TPSA) is 17.6 Å². The zero-order valence-corrected chi connectivity index (χ0v) is 24.6. The predicted octanol–water partition coefficient (Wildman–Crippen LogP) is 6.80. The summed E-state index contributed by atoms with van der Waals surface area (Å²) in [5.74, 6) is 1.65. The normalized spacial score (nSPS) is 21.7. The van der Waals surface area contributed by atoms with Crippen molar-refractivity contribution >= 4 is 22.1 Å². The number of benzene rings is 5. The number of imidazole rings is 2. The molecule has 0 saturated carbocycles. The van der Waals surface area contributed by atoms with Gasteiger partial charge in [0.05, 0.1) is 13.1 Å².